The number of amides is 1. The number of aromatic nitrogens is 1. The zero-order chi connectivity index (χ0) is 12.4. The summed E-state index contributed by atoms with van der Waals surface area (Å²) in [5.74, 6) is -0.605. The summed E-state index contributed by atoms with van der Waals surface area (Å²) in [6, 6.07) is 6.05. The second kappa shape index (κ2) is 4.30. The average molecular weight is 249 g/mol. The highest BCUT2D eigenvalue weighted by Crippen LogP contribution is 2.25. The van der Waals surface area contributed by atoms with E-state index < -0.39 is 10.8 Å². The molecule has 0 aliphatic rings. The second-order valence-electron chi connectivity index (χ2n) is 3.21. The molecule has 0 aliphatic heterocycles. The van der Waals surface area contributed by atoms with Gasteiger partial charge in [0.25, 0.3) is 11.6 Å². The Hall–Kier alpha value is -2.28. The zero-order valence-electron chi connectivity index (χ0n) is 8.49. The molecule has 6 nitrogen and oxygen atoms in total. The summed E-state index contributed by atoms with van der Waals surface area (Å²) >= 11 is 1.11. The van der Waals surface area contributed by atoms with Gasteiger partial charge in [-0.2, -0.15) is 0 Å². The monoisotopic (exact) mass is 249 g/mol. The van der Waals surface area contributed by atoms with Crippen molar-refractivity contribution in [3.63, 3.8) is 0 Å². The maximum absolute atomic E-state index is 10.9. The highest BCUT2D eigenvalue weighted by molar-refractivity contribution is 7.12. The number of non-ortho nitro benzene ring substituents is 1. The quantitative estimate of drug-likeness (QED) is 0.662. The summed E-state index contributed by atoms with van der Waals surface area (Å²) in [4.78, 5) is 25.0. The Morgan fingerprint density at radius 2 is 2.24 bits per heavy atom. The van der Waals surface area contributed by atoms with E-state index in [4.69, 9.17) is 5.73 Å². The van der Waals surface area contributed by atoms with Crippen LogP contribution in [0.2, 0.25) is 0 Å². The van der Waals surface area contributed by atoms with Gasteiger partial charge in [-0.05, 0) is 0 Å². The van der Waals surface area contributed by atoms with Crippen LogP contribution in [0.4, 0.5) is 5.69 Å². The van der Waals surface area contributed by atoms with Crippen molar-refractivity contribution in [1.29, 1.82) is 0 Å². The third-order valence-corrected chi connectivity index (χ3v) is 2.92. The van der Waals surface area contributed by atoms with Crippen LogP contribution in [-0.4, -0.2) is 15.8 Å². The zero-order valence-corrected chi connectivity index (χ0v) is 9.31. The van der Waals surface area contributed by atoms with E-state index in [1.807, 2.05) is 0 Å². The lowest BCUT2D eigenvalue weighted by molar-refractivity contribution is -0.384. The molecule has 0 saturated carbocycles. The smallest absolute Gasteiger partial charge is 0.277 e. The van der Waals surface area contributed by atoms with Gasteiger partial charge < -0.3 is 5.73 Å². The first-order valence-electron chi connectivity index (χ1n) is 4.58. The molecule has 0 aliphatic carbocycles. The van der Waals surface area contributed by atoms with Crippen molar-refractivity contribution < 1.29 is 9.72 Å². The van der Waals surface area contributed by atoms with Crippen LogP contribution in [0.25, 0.3) is 11.3 Å². The first kappa shape index (κ1) is 11.2. The second-order valence-corrected chi connectivity index (χ2v) is 4.07. The molecule has 1 amide bonds. The van der Waals surface area contributed by atoms with E-state index in [0.717, 1.165) is 11.3 Å². The highest BCUT2D eigenvalue weighted by Gasteiger charge is 2.11. The topological polar surface area (TPSA) is 99.1 Å². The lowest BCUT2D eigenvalue weighted by Crippen LogP contribution is -2.10. The number of carbonyl (C=O) groups excluding carboxylic acids is 1. The Kier molecular flexibility index (Phi) is 2.84. The van der Waals surface area contributed by atoms with Gasteiger partial charge in [-0.3, -0.25) is 14.9 Å². The first-order chi connectivity index (χ1) is 8.08. The maximum Gasteiger partial charge on any atom is 0.277 e. The molecule has 0 fully saturated rings. The predicted molar refractivity (Wildman–Crippen MR) is 62.7 cm³/mol. The molecule has 2 rings (SSSR count). The molecule has 17 heavy (non-hydrogen) atoms. The van der Waals surface area contributed by atoms with Gasteiger partial charge in [0.2, 0.25) is 0 Å². The molecule has 1 aromatic carbocycles. The Balaban J connectivity index is 2.42. The first-order valence-corrected chi connectivity index (χ1v) is 5.46. The van der Waals surface area contributed by atoms with Crippen molar-refractivity contribution in [3.05, 3.63) is 44.8 Å². The molecule has 7 heteroatoms. The van der Waals surface area contributed by atoms with E-state index in [2.05, 4.69) is 4.98 Å². The summed E-state index contributed by atoms with van der Waals surface area (Å²) in [6.07, 6.45) is 0. The summed E-state index contributed by atoms with van der Waals surface area (Å²) in [5, 5.41) is 12.4. The van der Waals surface area contributed by atoms with Crippen molar-refractivity contribution in [2.75, 3.05) is 0 Å². The summed E-state index contributed by atoms with van der Waals surface area (Å²) in [5.41, 5.74) is 6.16. The number of benzene rings is 1. The van der Waals surface area contributed by atoms with Gasteiger partial charge in [0.15, 0.2) is 5.01 Å². The standard InChI is InChI=1S/C10H7N3O3S/c11-9(14)10-12-8(5-17-10)6-2-1-3-7(4-6)13(15)16/h1-5H,(H2,11,14). The molecule has 0 unspecified atom stereocenters. The van der Waals surface area contributed by atoms with Crippen LogP contribution in [0.15, 0.2) is 29.6 Å². The summed E-state index contributed by atoms with van der Waals surface area (Å²) < 4.78 is 0. The highest BCUT2D eigenvalue weighted by atomic mass is 32.1. The number of carbonyl (C=O) groups is 1. The fraction of sp³-hybridized carbons (Fsp3) is 0. The summed E-state index contributed by atoms with van der Waals surface area (Å²) in [7, 11) is 0. The number of primary amides is 1. The molecule has 2 aromatic rings. The number of nitro groups is 1. The van der Waals surface area contributed by atoms with Crippen molar-refractivity contribution in [3.8, 4) is 11.3 Å². The van der Waals surface area contributed by atoms with Gasteiger partial charge in [0, 0.05) is 23.1 Å². The molecule has 86 valence electrons. The predicted octanol–water partition coefficient (Wildman–Crippen LogP) is 1.82. The fourth-order valence-electron chi connectivity index (χ4n) is 1.30. The van der Waals surface area contributed by atoms with Crippen molar-refractivity contribution in [2.24, 2.45) is 5.73 Å². The van der Waals surface area contributed by atoms with Gasteiger partial charge in [0.1, 0.15) is 0 Å². The van der Waals surface area contributed by atoms with Gasteiger partial charge in [-0.25, -0.2) is 4.98 Å². The van der Waals surface area contributed by atoms with Crippen LogP contribution in [0.1, 0.15) is 9.80 Å². The molecule has 0 saturated heterocycles. The molecule has 1 heterocycles. The minimum Gasteiger partial charge on any atom is -0.364 e. The molecule has 0 bridgehead atoms. The number of rotatable bonds is 3. The largest absolute Gasteiger partial charge is 0.364 e. The maximum atomic E-state index is 10.9. The lowest BCUT2D eigenvalue weighted by atomic mass is 10.1. The van der Waals surface area contributed by atoms with Crippen LogP contribution in [0, 0.1) is 10.1 Å². The van der Waals surface area contributed by atoms with E-state index in [0.29, 0.717) is 11.3 Å². The van der Waals surface area contributed by atoms with Crippen LogP contribution in [0.3, 0.4) is 0 Å². The van der Waals surface area contributed by atoms with Gasteiger partial charge in [0.05, 0.1) is 10.6 Å². The third-order valence-electron chi connectivity index (χ3n) is 2.07. The number of thiazole rings is 1. The number of hydrogen-bond donors (Lipinski definition) is 1. The van der Waals surface area contributed by atoms with Gasteiger partial charge in [-0.1, -0.05) is 12.1 Å². The molecule has 0 radical (unpaired) electrons. The van der Waals surface area contributed by atoms with E-state index in [1.54, 1.807) is 17.5 Å². The normalized spacial score (nSPS) is 10.1. The molecule has 0 spiro atoms. The summed E-state index contributed by atoms with van der Waals surface area (Å²) in [6.45, 7) is 0. The van der Waals surface area contributed by atoms with Crippen LogP contribution in [-0.2, 0) is 0 Å². The van der Waals surface area contributed by atoms with Crippen LogP contribution >= 0.6 is 11.3 Å². The Morgan fingerprint density at radius 1 is 1.47 bits per heavy atom. The number of nitro benzene ring substituents is 1. The minimum atomic E-state index is -0.605. The Labute approximate surface area is 99.9 Å². The van der Waals surface area contributed by atoms with E-state index in [1.165, 1.54) is 12.1 Å². The van der Waals surface area contributed by atoms with Crippen LogP contribution in [0.5, 0.6) is 0 Å². The third kappa shape index (κ3) is 2.28. The molecular formula is C10H7N3O3S. The number of hydrogen-bond acceptors (Lipinski definition) is 5. The van der Waals surface area contributed by atoms with Crippen LogP contribution < -0.4 is 5.73 Å². The SMILES string of the molecule is NC(=O)c1nc(-c2cccc([N+](=O)[O-])c2)cs1. The van der Waals surface area contributed by atoms with Crippen molar-refractivity contribution in [2.45, 2.75) is 0 Å². The fourth-order valence-corrected chi connectivity index (χ4v) is 1.98. The number of nitrogens with two attached hydrogens (primary N) is 1. The minimum absolute atomic E-state index is 0.0175. The van der Waals surface area contributed by atoms with Crippen molar-refractivity contribution >= 4 is 22.9 Å². The van der Waals surface area contributed by atoms with Crippen molar-refractivity contribution in [1.82, 2.24) is 4.98 Å². The van der Waals surface area contributed by atoms with E-state index in [9.17, 15) is 14.9 Å². The molecule has 1 aromatic heterocycles. The molecule has 2 N–H and O–H groups in total. The number of nitrogens with zero attached hydrogens (tertiary/aromatic N) is 2. The van der Waals surface area contributed by atoms with E-state index in [-0.39, 0.29) is 10.7 Å². The molecular weight excluding hydrogens is 242 g/mol. The van der Waals surface area contributed by atoms with E-state index >= 15 is 0 Å². The lowest BCUT2D eigenvalue weighted by Gasteiger charge is -1.96. The van der Waals surface area contributed by atoms with Gasteiger partial charge in [-0.15, -0.1) is 11.3 Å². The Bertz CT molecular complexity index is 594. The Morgan fingerprint density at radius 3 is 2.82 bits per heavy atom. The van der Waals surface area contributed by atoms with Gasteiger partial charge >= 0.3 is 0 Å². The molecule has 0 atom stereocenters. The average Bonchev–Trinajstić information content (AvgIpc) is 2.78.